The summed E-state index contributed by atoms with van der Waals surface area (Å²) in [6, 6.07) is 0. The van der Waals surface area contributed by atoms with E-state index in [2.05, 4.69) is 15.9 Å². The van der Waals surface area contributed by atoms with E-state index in [-0.39, 0.29) is 11.7 Å². The number of alkyl halides is 2. The number of sulfone groups is 1. The van der Waals surface area contributed by atoms with Crippen molar-refractivity contribution in [2.75, 3.05) is 5.75 Å². The fourth-order valence-corrected chi connectivity index (χ4v) is 3.57. The Balaban J connectivity index is 2.85. The van der Waals surface area contributed by atoms with Gasteiger partial charge in [0.15, 0.2) is 9.84 Å². The molecule has 0 heterocycles. The summed E-state index contributed by atoms with van der Waals surface area (Å²) in [6.45, 7) is 1.51. The molecule has 0 unspecified atom stereocenters. The number of aliphatic hydroxyl groups excluding tert-OH is 1. The Morgan fingerprint density at radius 3 is 2.46 bits per heavy atom. The van der Waals surface area contributed by atoms with Crippen molar-refractivity contribution in [3.63, 3.8) is 0 Å². The molecule has 3 nitrogen and oxygen atoms in total. The molecule has 0 saturated heterocycles. The lowest BCUT2D eigenvalue weighted by Crippen LogP contribution is -2.41. The van der Waals surface area contributed by atoms with Crippen molar-refractivity contribution in [2.24, 2.45) is 5.92 Å². The molecule has 1 N–H and O–H groups in total. The third-order valence-corrected chi connectivity index (χ3v) is 6.92. The van der Waals surface area contributed by atoms with E-state index in [4.69, 9.17) is 11.6 Å². The molecule has 0 aromatic carbocycles. The van der Waals surface area contributed by atoms with Crippen LogP contribution in [0.15, 0.2) is 0 Å². The lowest BCUT2D eigenvalue weighted by atomic mass is 10.3. The molecule has 2 atom stereocenters. The van der Waals surface area contributed by atoms with E-state index in [1.165, 1.54) is 6.92 Å². The first-order valence-electron chi connectivity index (χ1n) is 4.11. The number of hydrogen-bond donors (Lipinski definition) is 1. The molecule has 0 aromatic rings. The van der Waals surface area contributed by atoms with Gasteiger partial charge in [-0.1, -0.05) is 18.5 Å². The maximum absolute atomic E-state index is 11.5. The van der Waals surface area contributed by atoms with E-state index in [0.29, 0.717) is 0 Å². The summed E-state index contributed by atoms with van der Waals surface area (Å²) >= 11 is 8.69. The van der Waals surface area contributed by atoms with Crippen LogP contribution in [0, 0.1) is 5.92 Å². The highest BCUT2D eigenvalue weighted by molar-refractivity contribution is 9.12. The summed E-state index contributed by atoms with van der Waals surface area (Å²) in [6.07, 6.45) is 0.681. The molecule has 0 aromatic heterocycles. The van der Waals surface area contributed by atoms with Gasteiger partial charge in [-0.05, 0) is 34.7 Å². The fourth-order valence-electron chi connectivity index (χ4n) is 1.06. The van der Waals surface area contributed by atoms with E-state index in [1.54, 1.807) is 0 Å². The first-order chi connectivity index (χ1) is 5.83. The number of rotatable bonds is 4. The molecule has 0 radical (unpaired) electrons. The minimum Gasteiger partial charge on any atom is -0.389 e. The van der Waals surface area contributed by atoms with Gasteiger partial charge in [0.1, 0.15) is 6.10 Å². The average molecular weight is 292 g/mol. The van der Waals surface area contributed by atoms with Crippen molar-refractivity contribution in [1.29, 1.82) is 0 Å². The van der Waals surface area contributed by atoms with Crippen molar-refractivity contribution >= 4 is 37.4 Å². The monoisotopic (exact) mass is 290 g/mol. The molecular weight excluding hydrogens is 279 g/mol. The van der Waals surface area contributed by atoms with Gasteiger partial charge in [-0.2, -0.15) is 0 Å². The van der Waals surface area contributed by atoms with Crippen LogP contribution < -0.4 is 0 Å². The molecule has 13 heavy (non-hydrogen) atoms. The third-order valence-electron chi connectivity index (χ3n) is 2.21. The summed E-state index contributed by atoms with van der Waals surface area (Å²) in [5.74, 6) is -0.0517. The molecule has 1 aliphatic carbocycles. The number of hydrogen-bond acceptors (Lipinski definition) is 3. The maximum atomic E-state index is 11.5. The first-order valence-corrected chi connectivity index (χ1v) is 6.93. The van der Waals surface area contributed by atoms with Gasteiger partial charge in [-0.15, -0.1) is 0 Å². The highest BCUT2D eigenvalue weighted by atomic mass is 79.9. The molecule has 0 spiro atoms. The summed E-state index contributed by atoms with van der Waals surface area (Å²) in [5.41, 5.74) is 0. The Bertz CT molecular complexity index is 284. The average Bonchev–Trinajstić information content (AvgIpc) is 2.85. The molecule has 0 bridgehead atoms. The van der Waals surface area contributed by atoms with Crippen molar-refractivity contribution < 1.29 is 13.5 Å². The zero-order valence-corrected chi connectivity index (χ0v) is 10.4. The smallest absolute Gasteiger partial charge is 0.225 e. The van der Waals surface area contributed by atoms with Crippen LogP contribution in [0.5, 0.6) is 0 Å². The second-order valence-electron chi connectivity index (χ2n) is 3.25. The maximum Gasteiger partial charge on any atom is 0.225 e. The molecule has 1 rings (SSSR count). The van der Waals surface area contributed by atoms with E-state index in [9.17, 15) is 13.5 Å². The molecule has 0 aliphatic heterocycles. The third kappa shape index (κ3) is 2.19. The van der Waals surface area contributed by atoms with Gasteiger partial charge < -0.3 is 5.11 Å². The van der Waals surface area contributed by atoms with Crippen LogP contribution in [0.3, 0.4) is 0 Å². The summed E-state index contributed by atoms with van der Waals surface area (Å²) in [4.78, 5) is 0. The van der Waals surface area contributed by atoms with Crippen molar-refractivity contribution in [3.05, 3.63) is 0 Å². The number of aliphatic hydroxyl groups is 1. The molecule has 1 aliphatic rings. The van der Waals surface area contributed by atoms with Gasteiger partial charge in [-0.3, -0.25) is 0 Å². The molecule has 6 heteroatoms. The van der Waals surface area contributed by atoms with Crippen LogP contribution in [0.2, 0.25) is 0 Å². The Kier molecular flexibility index (Phi) is 3.33. The van der Waals surface area contributed by atoms with Crippen LogP contribution in [0.4, 0.5) is 0 Å². The largest absolute Gasteiger partial charge is 0.389 e. The quantitative estimate of drug-likeness (QED) is 0.798. The summed E-state index contributed by atoms with van der Waals surface area (Å²) < 4.78 is 21.2. The topological polar surface area (TPSA) is 54.4 Å². The highest BCUT2D eigenvalue weighted by Crippen LogP contribution is 2.45. The van der Waals surface area contributed by atoms with Crippen LogP contribution in [0.25, 0.3) is 0 Å². The van der Waals surface area contributed by atoms with Crippen LogP contribution in [-0.4, -0.2) is 28.5 Å². The highest BCUT2D eigenvalue weighted by Gasteiger charge is 2.51. The fraction of sp³-hybridized carbons (Fsp3) is 1.00. The summed E-state index contributed by atoms with van der Waals surface area (Å²) in [7, 11) is -3.47. The van der Waals surface area contributed by atoms with Crippen molar-refractivity contribution in [2.45, 2.75) is 29.0 Å². The molecular formula is C7H12BrClO3S. The van der Waals surface area contributed by atoms with Gasteiger partial charge in [0.05, 0.1) is 5.75 Å². The Hall–Kier alpha value is 0.680. The van der Waals surface area contributed by atoms with Gasteiger partial charge in [0, 0.05) is 0 Å². The molecule has 1 fully saturated rings. The van der Waals surface area contributed by atoms with Crippen LogP contribution in [-0.2, 0) is 9.84 Å². The summed E-state index contributed by atoms with van der Waals surface area (Å²) in [5, 5.41) is 9.63. The predicted octanol–water partition coefficient (Wildman–Crippen LogP) is 1.48. The minimum atomic E-state index is -3.47. The normalized spacial score (nSPS) is 25.2. The van der Waals surface area contributed by atoms with Crippen molar-refractivity contribution in [3.8, 4) is 0 Å². The Morgan fingerprint density at radius 1 is 1.69 bits per heavy atom. The van der Waals surface area contributed by atoms with Gasteiger partial charge in [0.25, 0.3) is 0 Å². The number of halogens is 2. The predicted molar refractivity (Wildman–Crippen MR) is 55.7 cm³/mol. The van der Waals surface area contributed by atoms with Gasteiger partial charge in [-0.25, -0.2) is 8.42 Å². The Labute approximate surface area is 91.5 Å². The first kappa shape index (κ1) is 11.8. The zero-order valence-electron chi connectivity index (χ0n) is 7.20. The minimum absolute atomic E-state index is 0.0261. The second-order valence-corrected chi connectivity index (χ2v) is 8.75. The van der Waals surface area contributed by atoms with E-state index < -0.39 is 19.1 Å². The molecule has 1 saturated carbocycles. The lowest BCUT2D eigenvalue weighted by Gasteiger charge is -2.25. The molecule has 78 valence electrons. The van der Waals surface area contributed by atoms with Crippen molar-refractivity contribution in [1.82, 2.24) is 0 Å². The lowest BCUT2D eigenvalue weighted by molar-refractivity contribution is 0.158. The van der Waals surface area contributed by atoms with E-state index >= 15 is 0 Å². The van der Waals surface area contributed by atoms with E-state index in [1.807, 2.05) is 0 Å². The van der Waals surface area contributed by atoms with Crippen LogP contribution >= 0.6 is 27.5 Å². The standard InChI is InChI=1S/C7H12BrClO3S/c1-2-13(11,12)7(8,9)6(10)5-3-4-5/h5-6,10H,2-4H2,1H3/t6-,7+/m1/s1. The van der Waals surface area contributed by atoms with Crippen LogP contribution in [0.1, 0.15) is 19.8 Å². The van der Waals surface area contributed by atoms with E-state index in [0.717, 1.165) is 12.8 Å². The van der Waals surface area contributed by atoms with Gasteiger partial charge in [0.2, 0.25) is 3.12 Å². The second kappa shape index (κ2) is 3.68. The SMILES string of the molecule is CCS(=O)(=O)[C@](Cl)(Br)[C@H](O)C1CC1. The molecule has 0 amide bonds. The Morgan fingerprint density at radius 2 is 2.15 bits per heavy atom. The van der Waals surface area contributed by atoms with Gasteiger partial charge >= 0.3 is 0 Å². The zero-order chi connectivity index (χ0) is 10.3.